The number of nitrogens with two attached hydrogens (primary N) is 2. The van der Waals surface area contributed by atoms with Gasteiger partial charge in [0.15, 0.2) is 0 Å². The molecule has 1 aromatic heterocycles. The smallest absolute Gasteiger partial charge is 0.212 e. The summed E-state index contributed by atoms with van der Waals surface area (Å²) in [5.41, 5.74) is 12.5. The largest absolute Gasteiger partial charge is 0.481 e. The van der Waals surface area contributed by atoms with Crippen LogP contribution in [0.5, 0.6) is 5.88 Å². The molecule has 92 valence electrons. The molecule has 0 saturated heterocycles. The lowest BCUT2D eigenvalue weighted by molar-refractivity contribution is 0.397. The van der Waals surface area contributed by atoms with Crippen LogP contribution in [0.3, 0.4) is 0 Å². The lowest BCUT2D eigenvalue weighted by Gasteiger charge is -2.11. The van der Waals surface area contributed by atoms with E-state index in [2.05, 4.69) is 4.98 Å². The fraction of sp³-hybridized carbons (Fsp3) is 0.545. The summed E-state index contributed by atoms with van der Waals surface area (Å²) in [5.74, 6) is 0.618. The highest BCUT2D eigenvalue weighted by atomic mass is 35.5. The van der Waals surface area contributed by atoms with Crippen molar-refractivity contribution in [2.45, 2.75) is 25.3 Å². The monoisotopic (exact) mass is 245 g/mol. The van der Waals surface area contributed by atoms with Crippen molar-refractivity contribution in [2.75, 3.05) is 13.7 Å². The highest BCUT2D eigenvalue weighted by Crippen LogP contribution is 2.17. The summed E-state index contributed by atoms with van der Waals surface area (Å²) in [7, 11) is 1.60. The summed E-state index contributed by atoms with van der Waals surface area (Å²) in [6.45, 7) is 0.730. The lowest BCUT2D eigenvalue weighted by Crippen LogP contribution is -2.11. The second-order valence-corrected chi connectivity index (χ2v) is 3.52. The average molecular weight is 246 g/mol. The first kappa shape index (κ1) is 15.2. The summed E-state index contributed by atoms with van der Waals surface area (Å²) in [5, 5.41) is 0. The van der Waals surface area contributed by atoms with Gasteiger partial charge in [-0.15, -0.1) is 12.4 Å². The molecule has 1 atom stereocenters. The van der Waals surface area contributed by atoms with Crippen molar-refractivity contribution in [1.29, 1.82) is 0 Å². The molecule has 0 spiro atoms. The quantitative estimate of drug-likeness (QED) is 0.748. The van der Waals surface area contributed by atoms with Gasteiger partial charge in [-0.2, -0.15) is 0 Å². The van der Waals surface area contributed by atoms with Crippen molar-refractivity contribution in [1.82, 2.24) is 4.98 Å². The van der Waals surface area contributed by atoms with Gasteiger partial charge in [0.1, 0.15) is 0 Å². The number of hydrogen-bond donors (Lipinski definition) is 2. The van der Waals surface area contributed by atoms with Gasteiger partial charge in [-0.3, -0.25) is 0 Å². The second kappa shape index (κ2) is 8.33. The topological polar surface area (TPSA) is 74.2 Å². The highest BCUT2D eigenvalue weighted by Gasteiger charge is 2.05. The van der Waals surface area contributed by atoms with Gasteiger partial charge in [0.2, 0.25) is 5.88 Å². The third-order valence-corrected chi connectivity index (χ3v) is 2.37. The van der Waals surface area contributed by atoms with Gasteiger partial charge in [-0.05, 0) is 24.9 Å². The van der Waals surface area contributed by atoms with Crippen molar-refractivity contribution >= 4 is 12.4 Å². The number of aromatic nitrogens is 1. The maximum Gasteiger partial charge on any atom is 0.212 e. The maximum absolute atomic E-state index is 6.01. The molecule has 16 heavy (non-hydrogen) atoms. The Labute approximate surface area is 103 Å². The Bertz CT molecular complexity index is 279. The first-order valence-electron chi connectivity index (χ1n) is 5.23. The third kappa shape index (κ3) is 4.79. The molecule has 0 aliphatic rings. The maximum atomic E-state index is 6.01. The van der Waals surface area contributed by atoms with Crippen LogP contribution in [0.15, 0.2) is 18.3 Å². The third-order valence-electron chi connectivity index (χ3n) is 2.37. The van der Waals surface area contributed by atoms with Crippen LogP contribution in [-0.2, 0) is 0 Å². The first-order valence-corrected chi connectivity index (χ1v) is 5.23. The van der Waals surface area contributed by atoms with Crippen molar-refractivity contribution in [3.05, 3.63) is 23.9 Å². The van der Waals surface area contributed by atoms with E-state index in [1.807, 2.05) is 12.1 Å². The molecular weight excluding hydrogens is 226 g/mol. The van der Waals surface area contributed by atoms with Crippen molar-refractivity contribution in [3.8, 4) is 5.88 Å². The molecule has 0 fully saturated rings. The molecule has 4 nitrogen and oxygen atoms in total. The summed E-state index contributed by atoms with van der Waals surface area (Å²) in [6.07, 6.45) is 4.80. The number of nitrogens with zero attached hydrogens (tertiary/aromatic N) is 1. The van der Waals surface area contributed by atoms with E-state index in [-0.39, 0.29) is 18.4 Å². The predicted molar refractivity (Wildman–Crippen MR) is 67.9 cm³/mol. The SMILES string of the molecule is COc1ccc([C@H](N)CCCCN)cn1.Cl. The Balaban J connectivity index is 0.00000225. The fourth-order valence-electron chi connectivity index (χ4n) is 1.41. The van der Waals surface area contributed by atoms with Crippen molar-refractivity contribution in [3.63, 3.8) is 0 Å². The standard InChI is InChI=1S/C11H19N3O.ClH/c1-15-11-6-5-9(8-14-11)10(13)4-2-3-7-12;/h5-6,8,10H,2-4,7,12-13H2,1H3;1H/t10-;/m1./s1. The molecule has 1 heterocycles. The lowest BCUT2D eigenvalue weighted by atomic mass is 10.0. The fourth-order valence-corrected chi connectivity index (χ4v) is 1.41. The van der Waals surface area contributed by atoms with Gasteiger partial charge in [-0.25, -0.2) is 4.98 Å². The molecule has 5 heteroatoms. The Hall–Kier alpha value is -0.840. The average Bonchev–Trinajstić information content (AvgIpc) is 2.29. The van der Waals surface area contributed by atoms with E-state index in [0.29, 0.717) is 5.88 Å². The predicted octanol–water partition coefficient (Wildman–Crippen LogP) is 1.64. The minimum Gasteiger partial charge on any atom is -0.481 e. The van der Waals surface area contributed by atoms with Crippen molar-refractivity contribution in [2.24, 2.45) is 11.5 Å². The van der Waals surface area contributed by atoms with E-state index in [4.69, 9.17) is 16.2 Å². The minimum absolute atomic E-state index is 0. The Kier molecular flexibility index (Phi) is 7.89. The molecule has 4 N–H and O–H groups in total. The molecule has 0 radical (unpaired) electrons. The minimum atomic E-state index is 0. The zero-order valence-corrected chi connectivity index (χ0v) is 10.4. The Morgan fingerprint density at radius 1 is 1.38 bits per heavy atom. The molecule has 0 amide bonds. The van der Waals surface area contributed by atoms with E-state index in [0.717, 1.165) is 31.4 Å². The Morgan fingerprint density at radius 2 is 2.12 bits per heavy atom. The van der Waals surface area contributed by atoms with Gasteiger partial charge in [0.05, 0.1) is 7.11 Å². The van der Waals surface area contributed by atoms with E-state index in [9.17, 15) is 0 Å². The van der Waals surface area contributed by atoms with Crippen LogP contribution in [0.1, 0.15) is 30.9 Å². The molecule has 0 aliphatic heterocycles. The number of rotatable bonds is 6. The number of hydrogen-bond acceptors (Lipinski definition) is 4. The molecule has 0 aliphatic carbocycles. The number of methoxy groups -OCH3 is 1. The number of ether oxygens (including phenoxy) is 1. The van der Waals surface area contributed by atoms with Crippen molar-refractivity contribution < 1.29 is 4.74 Å². The van der Waals surface area contributed by atoms with Crippen LogP contribution in [0.25, 0.3) is 0 Å². The summed E-state index contributed by atoms with van der Waals surface area (Å²) < 4.78 is 4.98. The van der Waals surface area contributed by atoms with Crippen LogP contribution in [0.2, 0.25) is 0 Å². The summed E-state index contributed by atoms with van der Waals surface area (Å²) in [6, 6.07) is 3.84. The number of pyridine rings is 1. The molecular formula is C11H20ClN3O. The molecule has 0 bridgehead atoms. The molecule has 1 rings (SSSR count). The van der Waals surface area contributed by atoms with Crippen LogP contribution in [0.4, 0.5) is 0 Å². The van der Waals surface area contributed by atoms with Gasteiger partial charge in [-0.1, -0.05) is 12.5 Å². The molecule has 0 saturated carbocycles. The normalized spacial score (nSPS) is 11.7. The van der Waals surface area contributed by atoms with Gasteiger partial charge in [0, 0.05) is 18.3 Å². The zero-order chi connectivity index (χ0) is 11.1. The number of halogens is 1. The molecule has 1 aromatic rings. The molecule has 0 aromatic carbocycles. The highest BCUT2D eigenvalue weighted by molar-refractivity contribution is 5.85. The van der Waals surface area contributed by atoms with E-state index in [1.54, 1.807) is 13.3 Å². The van der Waals surface area contributed by atoms with E-state index >= 15 is 0 Å². The first-order chi connectivity index (χ1) is 7.27. The van der Waals surface area contributed by atoms with Crippen LogP contribution in [-0.4, -0.2) is 18.6 Å². The number of unbranched alkanes of at least 4 members (excludes halogenated alkanes) is 1. The van der Waals surface area contributed by atoms with E-state index < -0.39 is 0 Å². The zero-order valence-electron chi connectivity index (χ0n) is 9.56. The van der Waals surface area contributed by atoms with Crippen LogP contribution >= 0.6 is 12.4 Å². The van der Waals surface area contributed by atoms with Crippen LogP contribution < -0.4 is 16.2 Å². The Morgan fingerprint density at radius 3 is 2.62 bits per heavy atom. The van der Waals surface area contributed by atoms with Gasteiger partial charge in [0.25, 0.3) is 0 Å². The molecule has 0 unspecified atom stereocenters. The summed E-state index contributed by atoms with van der Waals surface area (Å²) >= 11 is 0. The van der Waals surface area contributed by atoms with Crippen LogP contribution in [0, 0.1) is 0 Å². The summed E-state index contributed by atoms with van der Waals surface area (Å²) in [4.78, 5) is 4.12. The van der Waals surface area contributed by atoms with Gasteiger partial charge < -0.3 is 16.2 Å². The second-order valence-electron chi connectivity index (χ2n) is 3.52. The van der Waals surface area contributed by atoms with Gasteiger partial charge >= 0.3 is 0 Å². The van der Waals surface area contributed by atoms with E-state index in [1.165, 1.54) is 0 Å².